The van der Waals surface area contributed by atoms with E-state index in [1.54, 1.807) is 4.90 Å². The van der Waals surface area contributed by atoms with Crippen molar-refractivity contribution in [1.82, 2.24) is 4.90 Å². The van der Waals surface area contributed by atoms with Crippen molar-refractivity contribution in [2.75, 3.05) is 14.1 Å². The third-order valence-corrected chi connectivity index (χ3v) is 2.44. The summed E-state index contributed by atoms with van der Waals surface area (Å²) >= 11 is 0. The summed E-state index contributed by atoms with van der Waals surface area (Å²) < 4.78 is 1.88. The molecule has 0 radical (unpaired) electrons. The summed E-state index contributed by atoms with van der Waals surface area (Å²) in [6.45, 7) is 6.03. The number of carbonyl (C=O) groups excluding carboxylic acids is 1. The van der Waals surface area contributed by atoms with Crippen molar-refractivity contribution in [2.24, 2.45) is 0 Å². The van der Waals surface area contributed by atoms with Gasteiger partial charge in [-0.05, 0) is 32.9 Å². The summed E-state index contributed by atoms with van der Waals surface area (Å²) in [7, 11) is 3.83. The van der Waals surface area contributed by atoms with E-state index in [-0.39, 0.29) is 11.9 Å². The first-order chi connectivity index (χ1) is 7.91. The number of benzene rings is 1. The highest BCUT2D eigenvalue weighted by molar-refractivity contribution is 6.00. The minimum absolute atomic E-state index is 0.0358. The Morgan fingerprint density at radius 3 is 2.18 bits per heavy atom. The van der Waals surface area contributed by atoms with E-state index in [1.165, 1.54) is 0 Å². The van der Waals surface area contributed by atoms with Gasteiger partial charge in [0.25, 0.3) is 0 Å². The molecule has 1 aromatic rings. The standard InChI is InChI=1S/C14H21N2O/c1-11(2)16(10-15(4)5)14(17)13-8-6-12(3)7-9-13/h6-11H,1-5H3/q+1. The van der Waals surface area contributed by atoms with Crippen LogP contribution in [0.3, 0.4) is 0 Å². The topological polar surface area (TPSA) is 23.3 Å². The van der Waals surface area contributed by atoms with Crippen LogP contribution in [0.5, 0.6) is 0 Å². The fourth-order valence-corrected chi connectivity index (χ4v) is 1.51. The maximum atomic E-state index is 12.3. The minimum atomic E-state index is 0.0358. The van der Waals surface area contributed by atoms with Gasteiger partial charge in [0.15, 0.2) is 0 Å². The molecule has 0 aliphatic heterocycles. The molecule has 0 bridgehead atoms. The number of nitrogens with zero attached hydrogens (tertiary/aromatic N) is 2. The van der Waals surface area contributed by atoms with Gasteiger partial charge in [0, 0.05) is 0 Å². The molecule has 17 heavy (non-hydrogen) atoms. The van der Waals surface area contributed by atoms with Crippen LogP contribution in [0.1, 0.15) is 29.8 Å². The fourth-order valence-electron chi connectivity index (χ4n) is 1.51. The fraction of sp³-hybridized carbons (Fsp3) is 0.429. The van der Waals surface area contributed by atoms with Crippen molar-refractivity contribution in [3.63, 3.8) is 0 Å². The van der Waals surface area contributed by atoms with Gasteiger partial charge in [-0.15, -0.1) is 0 Å². The largest absolute Gasteiger partial charge is 0.340 e. The first-order valence-corrected chi connectivity index (χ1v) is 5.82. The molecule has 1 aromatic carbocycles. The molecule has 92 valence electrons. The van der Waals surface area contributed by atoms with Crippen LogP contribution in [-0.2, 0) is 0 Å². The van der Waals surface area contributed by atoms with Crippen molar-refractivity contribution in [2.45, 2.75) is 26.8 Å². The Morgan fingerprint density at radius 2 is 1.76 bits per heavy atom. The second-order valence-corrected chi connectivity index (χ2v) is 4.75. The number of hydrogen-bond donors (Lipinski definition) is 0. The Balaban J connectivity index is 3.00. The Kier molecular flexibility index (Phi) is 4.44. The zero-order valence-corrected chi connectivity index (χ0v) is 11.3. The van der Waals surface area contributed by atoms with Crippen molar-refractivity contribution in [1.29, 1.82) is 0 Å². The van der Waals surface area contributed by atoms with Gasteiger partial charge >= 0.3 is 5.91 Å². The van der Waals surface area contributed by atoms with Crippen LogP contribution >= 0.6 is 0 Å². The smallest absolute Gasteiger partial charge is 0.273 e. The molecule has 3 heteroatoms. The molecule has 0 saturated carbocycles. The molecule has 0 aliphatic rings. The lowest BCUT2D eigenvalue weighted by Crippen LogP contribution is -2.38. The lowest BCUT2D eigenvalue weighted by Gasteiger charge is -2.15. The van der Waals surface area contributed by atoms with Gasteiger partial charge in [0.2, 0.25) is 6.34 Å². The van der Waals surface area contributed by atoms with E-state index < -0.39 is 0 Å². The Labute approximate surface area is 103 Å². The average molecular weight is 233 g/mol. The van der Waals surface area contributed by atoms with Gasteiger partial charge in [0.1, 0.15) is 0 Å². The molecule has 0 fully saturated rings. The highest BCUT2D eigenvalue weighted by Gasteiger charge is 2.23. The van der Waals surface area contributed by atoms with E-state index in [0.717, 1.165) is 11.1 Å². The molecule has 0 aromatic heterocycles. The van der Waals surface area contributed by atoms with Crippen molar-refractivity contribution in [3.05, 3.63) is 35.4 Å². The second kappa shape index (κ2) is 5.62. The molecular weight excluding hydrogens is 212 g/mol. The van der Waals surface area contributed by atoms with Crippen LogP contribution in [0.4, 0.5) is 0 Å². The van der Waals surface area contributed by atoms with Crippen LogP contribution in [0, 0.1) is 6.92 Å². The van der Waals surface area contributed by atoms with Crippen LogP contribution < -0.4 is 0 Å². The zero-order valence-electron chi connectivity index (χ0n) is 11.3. The number of aryl methyl sites for hydroxylation is 1. The monoisotopic (exact) mass is 233 g/mol. The lowest BCUT2D eigenvalue weighted by molar-refractivity contribution is -0.463. The second-order valence-electron chi connectivity index (χ2n) is 4.75. The number of rotatable bonds is 3. The molecule has 1 amide bonds. The quantitative estimate of drug-likeness (QED) is 0.446. The summed E-state index contributed by atoms with van der Waals surface area (Å²) in [5, 5.41) is 0. The van der Waals surface area contributed by atoms with Gasteiger partial charge in [0.05, 0.1) is 25.7 Å². The summed E-state index contributed by atoms with van der Waals surface area (Å²) in [5.74, 6) is 0.0358. The molecule has 0 atom stereocenters. The summed E-state index contributed by atoms with van der Waals surface area (Å²) in [5.41, 5.74) is 1.89. The van der Waals surface area contributed by atoms with E-state index in [2.05, 4.69) is 0 Å². The third-order valence-electron chi connectivity index (χ3n) is 2.44. The Morgan fingerprint density at radius 1 is 1.24 bits per heavy atom. The lowest BCUT2D eigenvalue weighted by atomic mass is 10.1. The van der Waals surface area contributed by atoms with E-state index in [0.29, 0.717) is 0 Å². The van der Waals surface area contributed by atoms with Gasteiger partial charge in [-0.1, -0.05) is 17.7 Å². The average Bonchev–Trinajstić information content (AvgIpc) is 2.25. The van der Waals surface area contributed by atoms with Crippen molar-refractivity contribution < 1.29 is 9.37 Å². The third kappa shape index (κ3) is 3.70. The normalized spacial score (nSPS) is 10.2. The maximum absolute atomic E-state index is 12.3. The van der Waals surface area contributed by atoms with Crippen molar-refractivity contribution in [3.8, 4) is 0 Å². The minimum Gasteiger partial charge on any atom is -0.273 e. The first-order valence-electron chi connectivity index (χ1n) is 5.82. The van der Waals surface area contributed by atoms with Gasteiger partial charge < -0.3 is 0 Å². The zero-order chi connectivity index (χ0) is 13.0. The molecule has 0 spiro atoms. The first kappa shape index (κ1) is 13.4. The highest BCUT2D eigenvalue weighted by atomic mass is 16.2. The molecule has 3 nitrogen and oxygen atoms in total. The summed E-state index contributed by atoms with van der Waals surface area (Å²) in [4.78, 5) is 14.0. The maximum Gasteiger partial charge on any atom is 0.340 e. The van der Waals surface area contributed by atoms with Gasteiger partial charge in [-0.3, -0.25) is 4.58 Å². The molecule has 0 saturated heterocycles. The molecule has 0 N–H and O–H groups in total. The van der Waals surface area contributed by atoms with Gasteiger partial charge in [-0.2, -0.15) is 4.90 Å². The predicted molar refractivity (Wildman–Crippen MR) is 70.7 cm³/mol. The van der Waals surface area contributed by atoms with Crippen LogP contribution in [0.25, 0.3) is 0 Å². The highest BCUT2D eigenvalue weighted by Crippen LogP contribution is 2.08. The van der Waals surface area contributed by atoms with Crippen LogP contribution in [-0.4, -0.2) is 41.9 Å². The van der Waals surface area contributed by atoms with E-state index in [1.807, 2.05) is 70.0 Å². The van der Waals surface area contributed by atoms with Crippen LogP contribution in [0.15, 0.2) is 24.3 Å². The summed E-state index contributed by atoms with van der Waals surface area (Å²) in [6.07, 6.45) is 1.83. The molecule has 1 rings (SSSR count). The van der Waals surface area contributed by atoms with E-state index in [4.69, 9.17) is 0 Å². The SMILES string of the molecule is Cc1ccc(C(=O)N(C=[N+](C)C)C(C)C)cc1. The summed E-state index contributed by atoms with van der Waals surface area (Å²) in [6, 6.07) is 7.81. The molecule has 0 heterocycles. The predicted octanol–water partition coefficient (Wildman–Crippen LogP) is 2.15. The Hall–Kier alpha value is -1.64. The van der Waals surface area contributed by atoms with Crippen LogP contribution in [0.2, 0.25) is 0 Å². The molecule has 0 unspecified atom stereocenters. The van der Waals surface area contributed by atoms with E-state index >= 15 is 0 Å². The Bertz CT molecular complexity index is 414. The number of amides is 1. The molecule has 0 aliphatic carbocycles. The van der Waals surface area contributed by atoms with E-state index in [9.17, 15) is 4.79 Å². The number of carbonyl (C=O) groups is 1. The molecular formula is C14H21N2O+. The number of hydrogen-bond acceptors (Lipinski definition) is 1. The van der Waals surface area contributed by atoms with Crippen molar-refractivity contribution >= 4 is 12.2 Å². The van der Waals surface area contributed by atoms with Gasteiger partial charge in [-0.25, -0.2) is 4.79 Å².